The molecule has 1 aliphatic rings. The predicted octanol–water partition coefficient (Wildman–Crippen LogP) is 4.36. The molecule has 1 heterocycles. The van der Waals surface area contributed by atoms with Crippen LogP contribution in [0.15, 0.2) is 21.4 Å². The minimum atomic E-state index is -0.00518. The van der Waals surface area contributed by atoms with E-state index in [2.05, 4.69) is 28.9 Å². The van der Waals surface area contributed by atoms with Crippen LogP contribution >= 0.6 is 27.5 Å². The number of rotatable bonds is 2. The van der Waals surface area contributed by atoms with Crippen molar-refractivity contribution in [2.45, 2.75) is 31.6 Å². The number of hydrogen-bond donors (Lipinski definition) is 0. The zero-order chi connectivity index (χ0) is 15.3. The molecule has 0 saturated heterocycles. The van der Waals surface area contributed by atoms with Crippen molar-refractivity contribution >= 4 is 38.6 Å². The normalized spacial score (nSPS) is 23.9. The summed E-state index contributed by atoms with van der Waals surface area (Å²) in [6, 6.07) is 4.09. The van der Waals surface area contributed by atoms with Gasteiger partial charge in [0.25, 0.3) is 0 Å². The van der Waals surface area contributed by atoms with Gasteiger partial charge in [0.1, 0.15) is 0 Å². The monoisotopic (exact) mass is 370 g/mol. The summed E-state index contributed by atoms with van der Waals surface area (Å²) in [6.07, 6.45) is 3.71. The van der Waals surface area contributed by atoms with Crippen molar-refractivity contribution < 1.29 is 0 Å². The number of benzene rings is 1. The number of fused-ring (bicyclic) bond motifs is 1. The lowest BCUT2D eigenvalue weighted by atomic mass is 9.90. The molecule has 0 amide bonds. The fourth-order valence-corrected chi connectivity index (χ4v) is 4.85. The molecular weight excluding hydrogens is 352 g/mol. The minimum absolute atomic E-state index is 0.00316. The quantitative estimate of drug-likeness (QED) is 0.721. The first-order chi connectivity index (χ1) is 9.91. The molecule has 1 fully saturated rings. The van der Waals surface area contributed by atoms with Crippen LogP contribution in [0.1, 0.15) is 37.1 Å². The van der Waals surface area contributed by atoms with E-state index in [1.54, 1.807) is 16.2 Å². The van der Waals surface area contributed by atoms with Crippen LogP contribution in [0, 0.1) is 11.8 Å². The third-order valence-corrected chi connectivity index (χ3v) is 6.24. The molecule has 21 heavy (non-hydrogen) atoms. The molecule has 3 rings (SSSR count). The molecule has 0 radical (unpaired) electrons. The second-order valence-electron chi connectivity index (χ2n) is 6.24. The smallest absolute Gasteiger partial charge is 0.295 e. The summed E-state index contributed by atoms with van der Waals surface area (Å²) >= 11 is 10.4. The molecule has 3 unspecified atom stereocenters. The summed E-state index contributed by atoms with van der Waals surface area (Å²) in [4.78, 5) is 12.1. The molecule has 1 saturated carbocycles. The van der Waals surface area contributed by atoms with Gasteiger partial charge >= 0.3 is 5.69 Å². The Labute approximate surface area is 138 Å². The van der Waals surface area contributed by atoms with Gasteiger partial charge in [-0.15, -0.1) is 11.6 Å². The van der Waals surface area contributed by atoms with Crippen LogP contribution in [-0.4, -0.2) is 9.13 Å². The van der Waals surface area contributed by atoms with Crippen LogP contribution in [0.3, 0.4) is 0 Å². The molecule has 1 aromatic heterocycles. The molecule has 0 spiro atoms. The molecule has 0 aliphatic heterocycles. The maximum Gasteiger partial charge on any atom is 0.328 e. The lowest BCUT2D eigenvalue weighted by Crippen LogP contribution is -2.19. The maximum atomic E-state index is 12.1. The summed E-state index contributed by atoms with van der Waals surface area (Å²) < 4.78 is 4.36. The Morgan fingerprint density at radius 2 is 1.86 bits per heavy atom. The molecule has 5 heteroatoms. The van der Waals surface area contributed by atoms with Gasteiger partial charge in [0.15, 0.2) is 0 Å². The van der Waals surface area contributed by atoms with Crippen molar-refractivity contribution in [2.24, 2.45) is 25.9 Å². The first kappa shape index (κ1) is 15.2. The summed E-state index contributed by atoms with van der Waals surface area (Å²) in [5.74, 6) is 1.18. The highest BCUT2D eigenvalue weighted by Gasteiger charge is 2.32. The zero-order valence-electron chi connectivity index (χ0n) is 12.6. The van der Waals surface area contributed by atoms with Gasteiger partial charge in [-0.3, -0.25) is 9.13 Å². The van der Waals surface area contributed by atoms with Crippen LogP contribution in [0.5, 0.6) is 0 Å². The summed E-state index contributed by atoms with van der Waals surface area (Å²) in [5.41, 5.74) is 2.97. The fourth-order valence-electron chi connectivity index (χ4n) is 3.59. The third kappa shape index (κ3) is 2.36. The lowest BCUT2D eigenvalue weighted by molar-refractivity contribution is 0.405. The van der Waals surface area contributed by atoms with Crippen LogP contribution < -0.4 is 5.69 Å². The molecule has 114 valence electrons. The van der Waals surface area contributed by atoms with Gasteiger partial charge in [-0.25, -0.2) is 4.79 Å². The van der Waals surface area contributed by atoms with Crippen molar-refractivity contribution in [3.8, 4) is 0 Å². The SMILES string of the molecule is CC1CCCC1C(Cl)c1cc2c(cc1Br)n(C)c(=O)n2C. The Morgan fingerprint density at radius 3 is 2.43 bits per heavy atom. The van der Waals surface area contributed by atoms with Crippen molar-refractivity contribution in [1.29, 1.82) is 0 Å². The van der Waals surface area contributed by atoms with Crippen LogP contribution in [0.2, 0.25) is 0 Å². The number of imidazole rings is 1. The van der Waals surface area contributed by atoms with Crippen molar-refractivity contribution in [1.82, 2.24) is 9.13 Å². The van der Waals surface area contributed by atoms with E-state index >= 15 is 0 Å². The second-order valence-corrected chi connectivity index (χ2v) is 7.56. The number of hydrogen-bond acceptors (Lipinski definition) is 1. The first-order valence-electron chi connectivity index (χ1n) is 7.40. The van der Waals surface area contributed by atoms with E-state index in [0.717, 1.165) is 21.1 Å². The molecule has 0 bridgehead atoms. The highest BCUT2D eigenvalue weighted by molar-refractivity contribution is 9.10. The van der Waals surface area contributed by atoms with Crippen LogP contribution in [-0.2, 0) is 14.1 Å². The van der Waals surface area contributed by atoms with Crippen molar-refractivity contribution in [3.05, 3.63) is 32.7 Å². The fraction of sp³-hybridized carbons (Fsp3) is 0.562. The van der Waals surface area contributed by atoms with Crippen LogP contribution in [0.25, 0.3) is 11.0 Å². The van der Waals surface area contributed by atoms with E-state index in [0.29, 0.717) is 11.8 Å². The standard InChI is InChI=1S/C16H20BrClN2O/c1-9-5-4-6-10(9)15(18)11-7-13-14(8-12(11)17)20(3)16(21)19(13)2/h7-10,15H,4-6H2,1-3H3. The Bertz CT molecular complexity index is 749. The Hall–Kier alpha value is -0.740. The average Bonchev–Trinajstić information content (AvgIpc) is 2.97. The van der Waals surface area contributed by atoms with Crippen molar-refractivity contribution in [3.63, 3.8) is 0 Å². The minimum Gasteiger partial charge on any atom is -0.295 e. The van der Waals surface area contributed by atoms with E-state index in [1.165, 1.54) is 19.3 Å². The highest BCUT2D eigenvalue weighted by atomic mass is 79.9. The maximum absolute atomic E-state index is 12.1. The molecule has 1 aromatic carbocycles. The Balaban J connectivity index is 2.13. The first-order valence-corrected chi connectivity index (χ1v) is 8.63. The largest absolute Gasteiger partial charge is 0.328 e. The summed E-state index contributed by atoms with van der Waals surface area (Å²) in [6.45, 7) is 2.29. The lowest BCUT2D eigenvalue weighted by Gasteiger charge is -2.23. The second kappa shape index (κ2) is 5.47. The van der Waals surface area contributed by atoms with Gasteiger partial charge in [-0.1, -0.05) is 35.7 Å². The zero-order valence-corrected chi connectivity index (χ0v) is 14.9. The highest BCUT2D eigenvalue weighted by Crippen LogP contribution is 2.45. The number of aryl methyl sites for hydroxylation is 2. The molecule has 3 nitrogen and oxygen atoms in total. The van der Waals surface area contributed by atoms with Gasteiger partial charge in [0, 0.05) is 18.6 Å². The van der Waals surface area contributed by atoms with Gasteiger partial charge < -0.3 is 0 Å². The van der Waals surface area contributed by atoms with E-state index in [4.69, 9.17) is 11.6 Å². The average molecular weight is 372 g/mol. The van der Waals surface area contributed by atoms with E-state index in [1.807, 2.05) is 13.1 Å². The number of aromatic nitrogens is 2. The topological polar surface area (TPSA) is 26.9 Å². The van der Waals surface area contributed by atoms with E-state index < -0.39 is 0 Å². The van der Waals surface area contributed by atoms with E-state index in [-0.39, 0.29) is 11.1 Å². The predicted molar refractivity (Wildman–Crippen MR) is 91.0 cm³/mol. The number of nitrogens with zero attached hydrogens (tertiary/aromatic N) is 2. The summed E-state index contributed by atoms with van der Waals surface area (Å²) in [5, 5.41) is -0.00316. The number of halogens is 2. The Kier molecular flexibility index (Phi) is 3.95. The molecule has 3 atom stereocenters. The molecule has 1 aliphatic carbocycles. The summed E-state index contributed by atoms with van der Waals surface area (Å²) in [7, 11) is 3.61. The molecule has 0 N–H and O–H groups in total. The Morgan fingerprint density at radius 1 is 1.24 bits per heavy atom. The van der Waals surface area contributed by atoms with E-state index in [9.17, 15) is 4.79 Å². The molecule has 2 aromatic rings. The van der Waals surface area contributed by atoms with Gasteiger partial charge in [-0.2, -0.15) is 0 Å². The van der Waals surface area contributed by atoms with Crippen LogP contribution in [0.4, 0.5) is 0 Å². The van der Waals surface area contributed by atoms with Gasteiger partial charge in [-0.05, 0) is 36.0 Å². The third-order valence-electron chi connectivity index (χ3n) is 4.99. The van der Waals surface area contributed by atoms with Gasteiger partial charge in [0.05, 0.1) is 16.4 Å². The van der Waals surface area contributed by atoms with Gasteiger partial charge in [0.2, 0.25) is 0 Å². The van der Waals surface area contributed by atoms with Crippen molar-refractivity contribution in [2.75, 3.05) is 0 Å². The molecular formula is C16H20BrClN2O. The number of alkyl halides is 1.